The van der Waals surface area contributed by atoms with E-state index in [1.807, 2.05) is 0 Å². The van der Waals surface area contributed by atoms with Gasteiger partial charge in [-0.15, -0.1) is 0 Å². The maximum Gasteiger partial charge on any atom is 0.416 e. The number of hydrogen-bond donors (Lipinski definition) is 1. The van der Waals surface area contributed by atoms with Gasteiger partial charge < -0.3 is 14.7 Å². The Labute approximate surface area is 139 Å². The number of aliphatic hydroxyl groups is 1. The van der Waals surface area contributed by atoms with Crippen molar-refractivity contribution >= 4 is 6.09 Å². The maximum atomic E-state index is 13.2. The third-order valence-corrected chi connectivity index (χ3v) is 3.99. The molecule has 1 aromatic rings. The number of alkyl halides is 3. The molecule has 2 unspecified atom stereocenters. The quantitative estimate of drug-likeness (QED) is 0.890. The Bertz CT molecular complexity index is 595. The van der Waals surface area contributed by atoms with E-state index in [0.717, 1.165) is 6.07 Å². The van der Waals surface area contributed by atoms with E-state index in [1.165, 1.54) is 23.1 Å². The Balaban J connectivity index is 2.27. The van der Waals surface area contributed by atoms with Crippen LogP contribution in [0.3, 0.4) is 0 Å². The monoisotopic (exact) mass is 345 g/mol. The van der Waals surface area contributed by atoms with Gasteiger partial charge in [-0.05, 0) is 32.4 Å². The summed E-state index contributed by atoms with van der Waals surface area (Å²) in [4.78, 5) is 13.5. The molecule has 4 nitrogen and oxygen atoms in total. The number of benzene rings is 1. The molecule has 0 aliphatic carbocycles. The number of ether oxygens (including phenoxy) is 1. The summed E-state index contributed by atoms with van der Waals surface area (Å²) in [7, 11) is 0. The molecule has 1 aliphatic rings. The van der Waals surface area contributed by atoms with E-state index in [2.05, 4.69) is 0 Å². The first-order chi connectivity index (χ1) is 11.0. The van der Waals surface area contributed by atoms with Gasteiger partial charge in [-0.3, -0.25) is 0 Å². The van der Waals surface area contributed by atoms with Crippen LogP contribution in [0.2, 0.25) is 0 Å². The first-order valence-electron chi connectivity index (χ1n) is 7.78. The van der Waals surface area contributed by atoms with Crippen molar-refractivity contribution in [2.45, 2.75) is 38.5 Å². The number of aliphatic hydroxyl groups excluding tert-OH is 1. The van der Waals surface area contributed by atoms with E-state index >= 15 is 0 Å². The van der Waals surface area contributed by atoms with E-state index in [0.29, 0.717) is 0 Å². The molecular weight excluding hydrogens is 323 g/mol. The van der Waals surface area contributed by atoms with Crippen molar-refractivity contribution in [1.82, 2.24) is 4.90 Å². The Morgan fingerprint density at radius 1 is 1.25 bits per heavy atom. The van der Waals surface area contributed by atoms with Crippen LogP contribution in [0.1, 0.15) is 37.8 Å². The number of amides is 1. The molecule has 1 saturated heterocycles. The standard InChI is InChI=1S/C17H22F3NO3/c1-16(2,3)24-15(23)21-8-11(10-22)13(9-21)12-6-4-5-7-14(12)17(18,19)20/h4-7,11,13,22H,8-10H2,1-3H3. The second-order valence-corrected chi connectivity index (χ2v) is 7.02. The third-order valence-electron chi connectivity index (χ3n) is 3.99. The Morgan fingerprint density at radius 3 is 2.42 bits per heavy atom. The molecular formula is C17H22F3NO3. The molecule has 2 atom stereocenters. The molecule has 7 heteroatoms. The Hall–Kier alpha value is -1.76. The molecule has 24 heavy (non-hydrogen) atoms. The van der Waals surface area contributed by atoms with E-state index in [1.54, 1.807) is 20.8 Å². The van der Waals surface area contributed by atoms with Gasteiger partial charge in [0.15, 0.2) is 0 Å². The van der Waals surface area contributed by atoms with Crippen LogP contribution >= 0.6 is 0 Å². The average molecular weight is 345 g/mol. The lowest BCUT2D eigenvalue weighted by molar-refractivity contribution is -0.138. The van der Waals surface area contributed by atoms with Crippen LogP contribution < -0.4 is 0 Å². The second-order valence-electron chi connectivity index (χ2n) is 7.02. The third kappa shape index (κ3) is 4.20. The fraction of sp³-hybridized carbons (Fsp3) is 0.588. The molecule has 0 radical (unpaired) electrons. The minimum Gasteiger partial charge on any atom is -0.444 e. The first kappa shape index (κ1) is 18.6. The molecule has 2 rings (SSSR count). The zero-order chi connectivity index (χ0) is 18.1. The van der Waals surface area contributed by atoms with Gasteiger partial charge in [0.05, 0.1) is 5.56 Å². The minimum atomic E-state index is -4.48. The van der Waals surface area contributed by atoms with Crippen molar-refractivity contribution in [2.24, 2.45) is 5.92 Å². The van der Waals surface area contributed by atoms with Crippen LogP contribution in [0, 0.1) is 5.92 Å². The lowest BCUT2D eigenvalue weighted by Gasteiger charge is -2.24. The second kappa shape index (κ2) is 6.63. The smallest absolute Gasteiger partial charge is 0.416 e. The SMILES string of the molecule is CC(C)(C)OC(=O)N1CC(CO)C(c2ccccc2C(F)(F)F)C1. The van der Waals surface area contributed by atoms with Crippen LogP contribution in [-0.4, -0.2) is 41.4 Å². The van der Waals surface area contributed by atoms with Gasteiger partial charge in [-0.2, -0.15) is 13.2 Å². The zero-order valence-electron chi connectivity index (χ0n) is 13.9. The molecule has 1 fully saturated rings. The van der Waals surface area contributed by atoms with Crippen LogP contribution in [0.25, 0.3) is 0 Å². The van der Waals surface area contributed by atoms with Crippen LogP contribution in [0.4, 0.5) is 18.0 Å². The Kier molecular flexibility index (Phi) is 5.13. The van der Waals surface area contributed by atoms with Crippen molar-refractivity contribution in [3.8, 4) is 0 Å². The van der Waals surface area contributed by atoms with E-state index < -0.39 is 35.3 Å². The van der Waals surface area contributed by atoms with Crippen molar-refractivity contribution in [2.75, 3.05) is 19.7 Å². The molecule has 1 heterocycles. The van der Waals surface area contributed by atoms with Gasteiger partial charge in [0, 0.05) is 31.5 Å². The maximum absolute atomic E-state index is 13.2. The number of hydrogen-bond acceptors (Lipinski definition) is 3. The molecule has 1 aliphatic heterocycles. The number of rotatable bonds is 2. The normalized spacial score (nSPS) is 21.9. The van der Waals surface area contributed by atoms with E-state index in [-0.39, 0.29) is 25.3 Å². The lowest BCUT2D eigenvalue weighted by Crippen LogP contribution is -2.35. The lowest BCUT2D eigenvalue weighted by atomic mass is 9.86. The number of carbonyl (C=O) groups is 1. The fourth-order valence-corrected chi connectivity index (χ4v) is 2.96. The molecule has 0 bridgehead atoms. The van der Waals surface area contributed by atoms with Gasteiger partial charge in [-0.1, -0.05) is 18.2 Å². The van der Waals surface area contributed by atoms with Gasteiger partial charge in [0.25, 0.3) is 0 Å². The van der Waals surface area contributed by atoms with Crippen molar-refractivity contribution < 1.29 is 27.8 Å². The van der Waals surface area contributed by atoms with Crippen molar-refractivity contribution in [3.63, 3.8) is 0 Å². The highest BCUT2D eigenvalue weighted by Crippen LogP contribution is 2.40. The highest BCUT2D eigenvalue weighted by atomic mass is 19.4. The van der Waals surface area contributed by atoms with Gasteiger partial charge >= 0.3 is 12.3 Å². The van der Waals surface area contributed by atoms with E-state index in [4.69, 9.17) is 4.74 Å². The minimum absolute atomic E-state index is 0.0905. The summed E-state index contributed by atoms with van der Waals surface area (Å²) in [6.07, 6.45) is -5.05. The average Bonchev–Trinajstić information content (AvgIpc) is 2.89. The van der Waals surface area contributed by atoms with Gasteiger partial charge in [0.2, 0.25) is 0 Å². The predicted molar refractivity (Wildman–Crippen MR) is 82.6 cm³/mol. The zero-order valence-corrected chi connectivity index (χ0v) is 13.9. The highest BCUT2D eigenvalue weighted by molar-refractivity contribution is 5.69. The van der Waals surface area contributed by atoms with Crippen LogP contribution in [0.5, 0.6) is 0 Å². The largest absolute Gasteiger partial charge is 0.444 e. The highest BCUT2D eigenvalue weighted by Gasteiger charge is 2.42. The van der Waals surface area contributed by atoms with Crippen molar-refractivity contribution in [1.29, 1.82) is 0 Å². The van der Waals surface area contributed by atoms with Crippen molar-refractivity contribution in [3.05, 3.63) is 35.4 Å². The van der Waals surface area contributed by atoms with Gasteiger partial charge in [0.1, 0.15) is 5.60 Å². The summed E-state index contributed by atoms with van der Waals surface area (Å²) in [6, 6.07) is 5.31. The summed E-state index contributed by atoms with van der Waals surface area (Å²) >= 11 is 0. The predicted octanol–water partition coefficient (Wildman–Crippen LogP) is 3.65. The summed E-state index contributed by atoms with van der Waals surface area (Å²) in [6.45, 7) is 5.13. The number of halogens is 3. The molecule has 134 valence electrons. The number of nitrogens with zero attached hydrogens (tertiary/aromatic N) is 1. The van der Waals surface area contributed by atoms with Crippen LogP contribution in [0.15, 0.2) is 24.3 Å². The Morgan fingerprint density at radius 2 is 1.88 bits per heavy atom. The summed E-state index contributed by atoms with van der Waals surface area (Å²) in [5.41, 5.74) is -1.30. The molecule has 1 amide bonds. The first-order valence-corrected chi connectivity index (χ1v) is 7.78. The number of carbonyl (C=O) groups excluding carboxylic acids is 1. The topological polar surface area (TPSA) is 49.8 Å². The molecule has 0 aromatic heterocycles. The fourth-order valence-electron chi connectivity index (χ4n) is 2.96. The molecule has 1 aromatic carbocycles. The van der Waals surface area contributed by atoms with E-state index in [9.17, 15) is 23.1 Å². The summed E-state index contributed by atoms with van der Waals surface area (Å²) in [5.74, 6) is -1.04. The molecule has 0 spiro atoms. The molecule has 0 saturated carbocycles. The summed E-state index contributed by atoms with van der Waals surface area (Å²) < 4.78 is 45.0. The number of likely N-dealkylation sites (tertiary alicyclic amines) is 1. The van der Waals surface area contributed by atoms with Gasteiger partial charge in [-0.25, -0.2) is 4.79 Å². The molecule has 1 N–H and O–H groups in total. The summed E-state index contributed by atoms with van der Waals surface area (Å²) in [5, 5.41) is 9.56. The van der Waals surface area contributed by atoms with Crippen LogP contribution in [-0.2, 0) is 10.9 Å².